The lowest BCUT2D eigenvalue weighted by atomic mass is 10.2. The first-order valence-electron chi connectivity index (χ1n) is 4.77. The highest BCUT2D eigenvalue weighted by Gasteiger charge is 2.11. The molecule has 1 aromatic carbocycles. The van der Waals surface area contributed by atoms with Crippen molar-refractivity contribution in [1.29, 1.82) is 0 Å². The number of fused-ring (bicyclic) bond motifs is 1. The first-order valence-corrected chi connectivity index (χ1v) is 4.77. The van der Waals surface area contributed by atoms with E-state index in [9.17, 15) is 9.90 Å². The van der Waals surface area contributed by atoms with E-state index in [0.717, 1.165) is 0 Å². The summed E-state index contributed by atoms with van der Waals surface area (Å²) in [6, 6.07) is 4.68. The zero-order chi connectivity index (χ0) is 11.0. The maximum absolute atomic E-state index is 11.6. The Bertz CT molecular complexity index is 541. The molecule has 0 aliphatic carbocycles. The number of rotatable bonds is 2. The van der Waals surface area contributed by atoms with E-state index < -0.39 is 0 Å². The Labute approximate surface area is 86.1 Å². The van der Waals surface area contributed by atoms with Crippen molar-refractivity contribution in [3.8, 4) is 5.75 Å². The molecule has 1 aromatic heterocycles. The van der Waals surface area contributed by atoms with E-state index in [1.807, 2.05) is 6.92 Å². The first-order chi connectivity index (χ1) is 7.13. The SMILES string of the molecule is CC(CN)n1c(=O)[nH]c2ccc(O)cc21. The second-order valence-electron chi connectivity index (χ2n) is 3.59. The van der Waals surface area contributed by atoms with Gasteiger partial charge in [0, 0.05) is 18.7 Å². The Morgan fingerprint density at radius 2 is 2.33 bits per heavy atom. The summed E-state index contributed by atoms with van der Waals surface area (Å²) in [6.45, 7) is 2.24. The number of nitrogens with zero attached hydrogens (tertiary/aromatic N) is 1. The highest BCUT2D eigenvalue weighted by molar-refractivity contribution is 5.77. The van der Waals surface area contributed by atoms with Crippen LogP contribution in [-0.4, -0.2) is 21.2 Å². The number of phenolic OH excluding ortho intramolecular Hbond substituents is 1. The fraction of sp³-hybridized carbons (Fsp3) is 0.300. The maximum atomic E-state index is 11.6. The Morgan fingerprint density at radius 3 is 3.00 bits per heavy atom. The van der Waals surface area contributed by atoms with Gasteiger partial charge in [-0.1, -0.05) is 0 Å². The molecule has 1 unspecified atom stereocenters. The molecule has 0 aliphatic heterocycles. The van der Waals surface area contributed by atoms with Crippen LogP contribution in [0.15, 0.2) is 23.0 Å². The molecule has 0 saturated heterocycles. The van der Waals surface area contributed by atoms with Gasteiger partial charge in [0.15, 0.2) is 0 Å². The van der Waals surface area contributed by atoms with Gasteiger partial charge in [-0.15, -0.1) is 0 Å². The Kier molecular flexibility index (Phi) is 2.24. The molecular formula is C10H13N3O2. The van der Waals surface area contributed by atoms with Gasteiger partial charge in [0.2, 0.25) is 0 Å². The summed E-state index contributed by atoms with van der Waals surface area (Å²) in [5.41, 5.74) is 6.71. The Balaban J connectivity index is 2.76. The third kappa shape index (κ3) is 1.50. The number of nitrogens with two attached hydrogens (primary N) is 1. The summed E-state index contributed by atoms with van der Waals surface area (Å²) in [5.74, 6) is 0.138. The smallest absolute Gasteiger partial charge is 0.326 e. The molecule has 0 amide bonds. The molecule has 0 radical (unpaired) electrons. The molecule has 4 N–H and O–H groups in total. The predicted molar refractivity (Wildman–Crippen MR) is 58.0 cm³/mol. The molecule has 5 heteroatoms. The van der Waals surface area contributed by atoms with Crippen molar-refractivity contribution in [3.63, 3.8) is 0 Å². The minimum Gasteiger partial charge on any atom is -0.508 e. The van der Waals surface area contributed by atoms with E-state index in [1.165, 1.54) is 6.07 Å². The van der Waals surface area contributed by atoms with Crippen molar-refractivity contribution in [2.45, 2.75) is 13.0 Å². The van der Waals surface area contributed by atoms with Crippen molar-refractivity contribution in [3.05, 3.63) is 28.7 Å². The molecule has 2 aromatic rings. The molecule has 0 aliphatic rings. The first kappa shape index (κ1) is 9.79. The fourth-order valence-electron chi connectivity index (χ4n) is 1.65. The van der Waals surface area contributed by atoms with Crippen LogP contribution in [0.5, 0.6) is 5.75 Å². The third-order valence-electron chi connectivity index (χ3n) is 2.48. The van der Waals surface area contributed by atoms with Crippen LogP contribution in [0.25, 0.3) is 11.0 Å². The number of hydrogen-bond donors (Lipinski definition) is 3. The summed E-state index contributed by atoms with van der Waals surface area (Å²) >= 11 is 0. The largest absolute Gasteiger partial charge is 0.508 e. The summed E-state index contributed by atoms with van der Waals surface area (Å²) in [7, 11) is 0. The van der Waals surface area contributed by atoms with Crippen LogP contribution in [0.2, 0.25) is 0 Å². The molecule has 0 saturated carbocycles. The number of imidazole rings is 1. The molecule has 1 heterocycles. The predicted octanol–water partition coefficient (Wildman–Crippen LogP) is 0.555. The molecule has 0 spiro atoms. The number of nitrogens with one attached hydrogen (secondary N) is 1. The van der Waals surface area contributed by atoms with Crippen molar-refractivity contribution in [2.75, 3.05) is 6.54 Å². The highest BCUT2D eigenvalue weighted by Crippen LogP contribution is 2.19. The standard InChI is InChI=1S/C10H13N3O2/c1-6(5-11)13-9-4-7(14)2-3-8(9)12-10(13)15/h2-4,6,14H,5,11H2,1H3,(H,12,15). The minimum absolute atomic E-state index is 0.0898. The van der Waals surface area contributed by atoms with Gasteiger partial charge in [0.25, 0.3) is 0 Å². The van der Waals surface area contributed by atoms with E-state index >= 15 is 0 Å². The second-order valence-corrected chi connectivity index (χ2v) is 3.59. The number of hydrogen-bond acceptors (Lipinski definition) is 3. The third-order valence-corrected chi connectivity index (χ3v) is 2.48. The van der Waals surface area contributed by atoms with Crippen LogP contribution >= 0.6 is 0 Å². The lowest BCUT2D eigenvalue weighted by Crippen LogP contribution is -2.25. The molecule has 0 fully saturated rings. The average Bonchev–Trinajstić information content (AvgIpc) is 2.52. The number of benzene rings is 1. The molecule has 5 nitrogen and oxygen atoms in total. The molecule has 2 rings (SSSR count). The van der Waals surface area contributed by atoms with E-state index in [-0.39, 0.29) is 17.5 Å². The fourth-order valence-corrected chi connectivity index (χ4v) is 1.65. The van der Waals surface area contributed by atoms with E-state index in [1.54, 1.807) is 16.7 Å². The van der Waals surface area contributed by atoms with Gasteiger partial charge < -0.3 is 15.8 Å². The van der Waals surface area contributed by atoms with Gasteiger partial charge in [-0.3, -0.25) is 4.57 Å². The zero-order valence-corrected chi connectivity index (χ0v) is 8.40. The lowest BCUT2D eigenvalue weighted by molar-refractivity contribution is 0.475. The van der Waals surface area contributed by atoms with Crippen molar-refractivity contribution < 1.29 is 5.11 Å². The molecule has 1 atom stereocenters. The maximum Gasteiger partial charge on any atom is 0.326 e. The summed E-state index contributed by atoms with van der Waals surface area (Å²) < 4.78 is 1.55. The van der Waals surface area contributed by atoms with E-state index in [4.69, 9.17) is 5.73 Å². The Hall–Kier alpha value is -1.75. The quantitative estimate of drug-likeness (QED) is 0.672. The zero-order valence-electron chi connectivity index (χ0n) is 8.40. The van der Waals surface area contributed by atoms with Gasteiger partial charge in [0.05, 0.1) is 11.0 Å². The van der Waals surface area contributed by atoms with E-state index in [2.05, 4.69) is 4.98 Å². The van der Waals surface area contributed by atoms with E-state index in [0.29, 0.717) is 17.6 Å². The highest BCUT2D eigenvalue weighted by atomic mass is 16.3. The van der Waals surface area contributed by atoms with Crippen LogP contribution in [-0.2, 0) is 0 Å². The number of phenols is 1. The molecule has 80 valence electrons. The molecule has 15 heavy (non-hydrogen) atoms. The van der Waals surface area contributed by atoms with Gasteiger partial charge in [0.1, 0.15) is 5.75 Å². The van der Waals surface area contributed by atoms with Gasteiger partial charge in [-0.05, 0) is 19.1 Å². The minimum atomic E-state index is -0.200. The van der Waals surface area contributed by atoms with Crippen LogP contribution in [0.4, 0.5) is 0 Å². The molecular weight excluding hydrogens is 194 g/mol. The number of H-pyrrole nitrogens is 1. The van der Waals surface area contributed by atoms with Crippen LogP contribution in [0.1, 0.15) is 13.0 Å². The monoisotopic (exact) mass is 207 g/mol. The van der Waals surface area contributed by atoms with Gasteiger partial charge in [-0.2, -0.15) is 0 Å². The van der Waals surface area contributed by atoms with Crippen molar-refractivity contribution in [1.82, 2.24) is 9.55 Å². The normalized spacial score (nSPS) is 13.2. The second kappa shape index (κ2) is 3.43. The topological polar surface area (TPSA) is 84.0 Å². The molecule has 0 bridgehead atoms. The lowest BCUT2D eigenvalue weighted by Gasteiger charge is -2.10. The summed E-state index contributed by atoms with van der Waals surface area (Å²) in [5, 5.41) is 9.36. The Morgan fingerprint density at radius 1 is 1.60 bits per heavy atom. The van der Waals surface area contributed by atoms with Crippen molar-refractivity contribution >= 4 is 11.0 Å². The van der Waals surface area contributed by atoms with Gasteiger partial charge >= 0.3 is 5.69 Å². The summed E-state index contributed by atoms with van der Waals surface area (Å²) in [4.78, 5) is 14.3. The summed E-state index contributed by atoms with van der Waals surface area (Å²) in [6.07, 6.45) is 0. The van der Waals surface area contributed by atoms with Crippen LogP contribution < -0.4 is 11.4 Å². The van der Waals surface area contributed by atoms with Crippen molar-refractivity contribution in [2.24, 2.45) is 5.73 Å². The number of aromatic hydroxyl groups is 1. The van der Waals surface area contributed by atoms with Crippen LogP contribution in [0, 0.1) is 0 Å². The average molecular weight is 207 g/mol. The number of aromatic nitrogens is 2. The van der Waals surface area contributed by atoms with Crippen LogP contribution in [0.3, 0.4) is 0 Å². The van der Waals surface area contributed by atoms with Gasteiger partial charge in [-0.25, -0.2) is 4.79 Å². The number of aromatic amines is 1.